The molecule has 43 heavy (non-hydrogen) atoms. The van der Waals surface area contributed by atoms with E-state index in [0.29, 0.717) is 11.3 Å². The predicted octanol–water partition coefficient (Wildman–Crippen LogP) is 3.63. The molecule has 2 aliphatic rings. The van der Waals surface area contributed by atoms with E-state index in [0.717, 1.165) is 80.2 Å². The van der Waals surface area contributed by atoms with E-state index in [-0.39, 0.29) is 28.4 Å². The first-order valence-electron chi connectivity index (χ1n) is 14.5. The van der Waals surface area contributed by atoms with Gasteiger partial charge in [-0.3, -0.25) is 14.7 Å². The molecule has 1 aromatic carbocycles. The van der Waals surface area contributed by atoms with E-state index in [1.54, 1.807) is 25.3 Å². The van der Waals surface area contributed by atoms with E-state index in [9.17, 15) is 13.2 Å². The van der Waals surface area contributed by atoms with Crippen LogP contribution in [-0.2, 0) is 21.1 Å². The normalized spacial score (nSPS) is 19.6. The van der Waals surface area contributed by atoms with Crippen molar-refractivity contribution in [1.29, 1.82) is 0 Å². The lowest BCUT2D eigenvalue weighted by Crippen LogP contribution is -2.53. The Morgan fingerprint density at radius 1 is 1.02 bits per heavy atom. The number of fused-ring (bicyclic) bond motifs is 1. The fourth-order valence-corrected chi connectivity index (χ4v) is 6.95. The summed E-state index contributed by atoms with van der Waals surface area (Å²) in [6.45, 7) is 9.62. The van der Waals surface area contributed by atoms with Crippen LogP contribution in [0.4, 0.5) is 5.82 Å². The summed E-state index contributed by atoms with van der Waals surface area (Å²) in [4.78, 5) is 32.2. The van der Waals surface area contributed by atoms with Crippen molar-refractivity contribution in [3.8, 4) is 11.4 Å². The lowest BCUT2D eigenvalue weighted by Gasteiger charge is -2.40. The Labute approximate surface area is 252 Å². The van der Waals surface area contributed by atoms with Crippen molar-refractivity contribution in [1.82, 2.24) is 25.2 Å². The summed E-state index contributed by atoms with van der Waals surface area (Å²) < 4.78 is 29.7. The molecule has 6 rings (SSSR count). The Balaban J connectivity index is 1.17. The van der Waals surface area contributed by atoms with Crippen LogP contribution in [0.15, 0.2) is 65.7 Å². The number of aromatic nitrogens is 3. The zero-order chi connectivity index (χ0) is 30.2. The average molecular weight is 601 g/mol. The van der Waals surface area contributed by atoms with E-state index in [4.69, 9.17) is 14.7 Å². The van der Waals surface area contributed by atoms with Gasteiger partial charge in [0, 0.05) is 55.1 Å². The second kappa shape index (κ2) is 11.6. The van der Waals surface area contributed by atoms with Gasteiger partial charge in [0.05, 0.1) is 47.3 Å². The third-order valence-electron chi connectivity index (χ3n) is 8.46. The molecule has 224 valence electrons. The van der Waals surface area contributed by atoms with Crippen LogP contribution in [0.25, 0.3) is 22.3 Å². The van der Waals surface area contributed by atoms with Gasteiger partial charge in [-0.2, -0.15) is 0 Å². The summed E-state index contributed by atoms with van der Waals surface area (Å²) >= 11 is 0. The van der Waals surface area contributed by atoms with Crippen LogP contribution in [-0.4, -0.2) is 85.4 Å². The van der Waals surface area contributed by atoms with Crippen molar-refractivity contribution in [3.63, 3.8) is 0 Å². The van der Waals surface area contributed by atoms with Gasteiger partial charge in [-0.15, -0.1) is 0 Å². The first-order valence-corrected chi connectivity index (χ1v) is 16.4. The topological polar surface area (TPSA) is 118 Å². The number of nitrogens with one attached hydrogen (secondary N) is 1. The zero-order valence-corrected chi connectivity index (χ0v) is 25.5. The van der Waals surface area contributed by atoms with Gasteiger partial charge >= 0.3 is 0 Å². The fourth-order valence-electron chi connectivity index (χ4n) is 5.96. The highest BCUT2D eigenvalue weighted by molar-refractivity contribution is 7.90. The van der Waals surface area contributed by atoms with E-state index in [1.165, 1.54) is 6.07 Å². The largest absolute Gasteiger partial charge is 0.379 e. The quantitative estimate of drug-likeness (QED) is 0.339. The number of sulfone groups is 1. The van der Waals surface area contributed by atoms with Crippen molar-refractivity contribution in [2.75, 3.05) is 50.5 Å². The molecule has 0 aliphatic carbocycles. The van der Waals surface area contributed by atoms with E-state index >= 15 is 0 Å². The fraction of sp³-hybridized carbons (Fsp3) is 0.375. The Morgan fingerprint density at radius 2 is 1.81 bits per heavy atom. The summed E-state index contributed by atoms with van der Waals surface area (Å²) in [6, 6.07) is 16.5. The van der Waals surface area contributed by atoms with Crippen LogP contribution in [0, 0.1) is 6.92 Å². The molecule has 1 amide bonds. The summed E-state index contributed by atoms with van der Waals surface area (Å²) in [5.41, 5.74) is 3.94. The monoisotopic (exact) mass is 600 g/mol. The second-order valence-electron chi connectivity index (χ2n) is 11.6. The summed E-state index contributed by atoms with van der Waals surface area (Å²) in [5.74, 6) is 0.575. The molecule has 2 saturated heterocycles. The third kappa shape index (κ3) is 6.24. The van der Waals surface area contributed by atoms with Gasteiger partial charge in [0.25, 0.3) is 5.91 Å². The molecule has 2 aliphatic heterocycles. The standard InChI is InChI=1S/C32H36N6O4S/c1-22-7-8-23(17-29(22)43(3,40)41)31(39)34-20-25-18-28-24(19-33-25)9-10-27(35-28)26-5-4-6-30(36-26)37-12-11-32(2,21-37)38-13-15-42-16-14-38/h4-10,17-19H,11-16,20-21H2,1-3H3,(H,34,39). The predicted molar refractivity (Wildman–Crippen MR) is 166 cm³/mol. The molecule has 1 N–H and O–H groups in total. The van der Waals surface area contributed by atoms with Crippen molar-refractivity contribution in [2.45, 2.75) is 37.2 Å². The minimum atomic E-state index is -3.44. The lowest BCUT2D eigenvalue weighted by atomic mass is 9.98. The molecule has 1 unspecified atom stereocenters. The SMILES string of the molecule is Cc1ccc(C(=O)NCc2cc3nc(-c4cccc(N5CCC(C)(N6CCOCC6)C5)n4)ccc3cn2)cc1S(C)(=O)=O. The van der Waals surface area contributed by atoms with Crippen LogP contribution in [0.2, 0.25) is 0 Å². The number of hydrogen-bond donors (Lipinski definition) is 1. The Hall–Kier alpha value is -3.93. The maximum atomic E-state index is 12.8. The van der Waals surface area contributed by atoms with Crippen molar-refractivity contribution < 1.29 is 17.9 Å². The van der Waals surface area contributed by atoms with Gasteiger partial charge in [0.2, 0.25) is 0 Å². The van der Waals surface area contributed by atoms with Crippen molar-refractivity contribution in [3.05, 3.63) is 77.6 Å². The van der Waals surface area contributed by atoms with Gasteiger partial charge in [-0.05, 0) is 68.3 Å². The van der Waals surface area contributed by atoms with Gasteiger partial charge in [-0.1, -0.05) is 12.1 Å². The van der Waals surface area contributed by atoms with Crippen molar-refractivity contribution >= 4 is 32.5 Å². The van der Waals surface area contributed by atoms with Crippen LogP contribution in [0.5, 0.6) is 0 Å². The first-order chi connectivity index (χ1) is 20.6. The number of anilines is 1. The maximum Gasteiger partial charge on any atom is 0.251 e. The number of ether oxygens (including phenoxy) is 1. The van der Waals surface area contributed by atoms with E-state index < -0.39 is 9.84 Å². The number of benzene rings is 1. The summed E-state index contributed by atoms with van der Waals surface area (Å²) in [7, 11) is -3.44. The number of hydrogen-bond acceptors (Lipinski definition) is 9. The number of rotatable bonds is 7. The molecule has 0 spiro atoms. The molecule has 0 saturated carbocycles. The summed E-state index contributed by atoms with van der Waals surface area (Å²) in [6.07, 6.45) is 3.96. The number of nitrogens with zero attached hydrogens (tertiary/aromatic N) is 5. The Morgan fingerprint density at radius 3 is 2.60 bits per heavy atom. The second-order valence-corrected chi connectivity index (χ2v) is 13.6. The lowest BCUT2D eigenvalue weighted by molar-refractivity contribution is -0.00888. The number of carbonyl (C=O) groups excluding carboxylic acids is 1. The molecule has 5 heterocycles. The number of carbonyl (C=O) groups is 1. The van der Waals surface area contributed by atoms with Crippen molar-refractivity contribution in [2.24, 2.45) is 0 Å². The highest BCUT2D eigenvalue weighted by Crippen LogP contribution is 2.32. The molecule has 10 nitrogen and oxygen atoms in total. The smallest absolute Gasteiger partial charge is 0.251 e. The molecule has 4 aromatic rings. The molecule has 0 radical (unpaired) electrons. The summed E-state index contributed by atoms with van der Waals surface area (Å²) in [5, 5.41) is 3.72. The Bertz CT molecular complexity index is 1790. The van der Waals surface area contributed by atoms with Gasteiger partial charge < -0.3 is 15.0 Å². The minimum absolute atomic E-state index is 0.108. The number of morpholine rings is 1. The van der Waals surface area contributed by atoms with Crippen LogP contribution in [0.3, 0.4) is 0 Å². The maximum absolute atomic E-state index is 12.8. The minimum Gasteiger partial charge on any atom is -0.379 e. The van der Waals surface area contributed by atoms with Crippen LogP contribution in [0.1, 0.15) is 35.0 Å². The zero-order valence-electron chi connectivity index (χ0n) is 24.7. The number of pyridine rings is 3. The molecule has 1 atom stereocenters. The van der Waals surface area contributed by atoms with Gasteiger partial charge in [0.1, 0.15) is 5.82 Å². The molecular formula is C32H36N6O4S. The number of amides is 1. The Kier molecular flexibility index (Phi) is 7.89. The first kappa shape index (κ1) is 29.2. The van der Waals surface area contributed by atoms with E-state index in [2.05, 4.69) is 33.1 Å². The molecular weight excluding hydrogens is 564 g/mol. The highest BCUT2D eigenvalue weighted by atomic mass is 32.2. The highest BCUT2D eigenvalue weighted by Gasteiger charge is 2.40. The van der Waals surface area contributed by atoms with Gasteiger partial charge in [0.15, 0.2) is 9.84 Å². The third-order valence-corrected chi connectivity index (χ3v) is 9.70. The van der Waals surface area contributed by atoms with E-state index in [1.807, 2.05) is 30.3 Å². The van der Waals surface area contributed by atoms with Crippen LogP contribution >= 0.6 is 0 Å². The number of aryl methyl sites for hydroxylation is 1. The van der Waals surface area contributed by atoms with Gasteiger partial charge in [-0.25, -0.2) is 18.4 Å². The molecule has 11 heteroatoms. The van der Waals surface area contributed by atoms with Crippen LogP contribution < -0.4 is 10.2 Å². The average Bonchev–Trinajstić information content (AvgIpc) is 3.43. The molecule has 2 fully saturated rings. The molecule has 3 aromatic heterocycles. The molecule has 0 bridgehead atoms.